The minimum atomic E-state index is -3.76. The van der Waals surface area contributed by atoms with Crippen LogP contribution in [0, 0.1) is 6.92 Å². The van der Waals surface area contributed by atoms with Crippen molar-refractivity contribution >= 4 is 15.9 Å². The SMILES string of the molecule is Cc1ccc(S(=O)(=O)NCc2ccco2)cc1C(=O)NCCCOC(C)C. The van der Waals surface area contributed by atoms with Crippen LogP contribution in [0.3, 0.4) is 0 Å². The summed E-state index contributed by atoms with van der Waals surface area (Å²) in [4.78, 5) is 12.4. The number of benzene rings is 1. The average molecular weight is 394 g/mol. The molecule has 0 bridgehead atoms. The maximum absolute atomic E-state index is 12.5. The lowest BCUT2D eigenvalue weighted by Gasteiger charge is -2.11. The Morgan fingerprint density at radius 2 is 2.04 bits per heavy atom. The topological polar surface area (TPSA) is 97.6 Å². The average Bonchev–Trinajstić information content (AvgIpc) is 3.13. The highest BCUT2D eigenvalue weighted by molar-refractivity contribution is 7.89. The third-order valence-electron chi connectivity index (χ3n) is 3.84. The molecule has 0 fully saturated rings. The molecule has 0 saturated carbocycles. The van der Waals surface area contributed by atoms with E-state index >= 15 is 0 Å². The molecule has 148 valence electrons. The summed E-state index contributed by atoms with van der Waals surface area (Å²) < 4.78 is 38.0. The number of hydrogen-bond acceptors (Lipinski definition) is 5. The fourth-order valence-electron chi connectivity index (χ4n) is 2.36. The summed E-state index contributed by atoms with van der Waals surface area (Å²) in [5.41, 5.74) is 1.04. The lowest BCUT2D eigenvalue weighted by Crippen LogP contribution is -2.27. The number of hydrogen-bond donors (Lipinski definition) is 2. The number of ether oxygens (including phenoxy) is 1. The van der Waals surface area contributed by atoms with E-state index in [0.29, 0.717) is 36.5 Å². The molecule has 0 aliphatic carbocycles. The molecule has 0 saturated heterocycles. The summed E-state index contributed by atoms with van der Waals surface area (Å²) in [6, 6.07) is 7.86. The van der Waals surface area contributed by atoms with Crippen LogP contribution >= 0.6 is 0 Å². The van der Waals surface area contributed by atoms with Gasteiger partial charge in [-0.2, -0.15) is 0 Å². The fraction of sp³-hybridized carbons (Fsp3) is 0.421. The second kappa shape index (κ2) is 9.68. The number of rotatable bonds is 10. The maximum Gasteiger partial charge on any atom is 0.251 e. The molecule has 8 heteroatoms. The van der Waals surface area contributed by atoms with E-state index in [4.69, 9.17) is 9.15 Å². The summed E-state index contributed by atoms with van der Waals surface area (Å²) in [6.07, 6.45) is 2.31. The van der Waals surface area contributed by atoms with Crippen LogP contribution in [0.25, 0.3) is 0 Å². The largest absolute Gasteiger partial charge is 0.468 e. The second-order valence-corrected chi connectivity index (χ2v) is 8.18. The van der Waals surface area contributed by atoms with Gasteiger partial charge in [0.05, 0.1) is 23.8 Å². The standard InChI is InChI=1S/C19H26N2O5S/c1-14(2)25-11-5-9-20-19(22)18-12-17(8-7-15(18)3)27(23,24)21-13-16-6-4-10-26-16/h4,6-8,10,12,14,21H,5,9,11,13H2,1-3H3,(H,20,22). The molecule has 0 aliphatic heterocycles. The molecule has 27 heavy (non-hydrogen) atoms. The predicted molar refractivity (Wildman–Crippen MR) is 102 cm³/mol. The van der Waals surface area contributed by atoms with Crippen LogP contribution in [0.2, 0.25) is 0 Å². The third kappa shape index (κ3) is 6.50. The van der Waals surface area contributed by atoms with E-state index in [-0.39, 0.29) is 23.5 Å². The van der Waals surface area contributed by atoms with Crippen LogP contribution in [0.1, 0.15) is 41.9 Å². The minimum Gasteiger partial charge on any atom is -0.468 e. The first-order valence-corrected chi connectivity index (χ1v) is 10.3. The van der Waals surface area contributed by atoms with Crippen LogP contribution in [-0.2, 0) is 21.3 Å². The van der Waals surface area contributed by atoms with E-state index < -0.39 is 10.0 Å². The van der Waals surface area contributed by atoms with Crippen LogP contribution in [-0.4, -0.2) is 33.6 Å². The third-order valence-corrected chi connectivity index (χ3v) is 5.24. The molecule has 0 unspecified atom stereocenters. The van der Waals surface area contributed by atoms with E-state index in [9.17, 15) is 13.2 Å². The molecule has 2 aromatic rings. The van der Waals surface area contributed by atoms with Gasteiger partial charge in [-0.3, -0.25) is 4.79 Å². The van der Waals surface area contributed by atoms with Crippen molar-refractivity contribution in [1.82, 2.24) is 10.0 Å². The first kappa shape index (κ1) is 21.1. The van der Waals surface area contributed by atoms with Gasteiger partial charge < -0.3 is 14.5 Å². The van der Waals surface area contributed by atoms with Crippen LogP contribution < -0.4 is 10.0 Å². The maximum atomic E-state index is 12.5. The molecule has 0 atom stereocenters. The monoisotopic (exact) mass is 394 g/mol. The Morgan fingerprint density at radius 3 is 2.70 bits per heavy atom. The zero-order chi connectivity index (χ0) is 19.9. The molecular formula is C19H26N2O5S. The Labute approximate surface area is 160 Å². The Kier molecular flexibility index (Phi) is 7.58. The number of sulfonamides is 1. The van der Waals surface area contributed by atoms with Crippen molar-refractivity contribution in [3.05, 3.63) is 53.5 Å². The number of nitrogens with one attached hydrogen (secondary N) is 2. The molecule has 0 spiro atoms. The zero-order valence-electron chi connectivity index (χ0n) is 15.8. The lowest BCUT2D eigenvalue weighted by molar-refractivity contribution is 0.0757. The van der Waals surface area contributed by atoms with Gasteiger partial charge in [0.1, 0.15) is 5.76 Å². The summed E-state index contributed by atoms with van der Waals surface area (Å²) >= 11 is 0. The summed E-state index contributed by atoms with van der Waals surface area (Å²) in [6.45, 7) is 6.73. The van der Waals surface area contributed by atoms with Gasteiger partial charge in [-0.1, -0.05) is 6.07 Å². The minimum absolute atomic E-state index is 0.0351. The van der Waals surface area contributed by atoms with Crippen molar-refractivity contribution in [2.24, 2.45) is 0 Å². The summed E-state index contributed by atoms with van der Waals surface area (Å²) in [5, 5.41) is 2.80. The Morgan fingerprint density at radius 1 is 1.26 bits per heavy atom. The van der Waals surface area contributed by atoms with Crippen LogP contribution in [0.5, 0.6) is 0 Å². The van der Waals surface area contributed by atoms with Crippen molar-refractivity contribution in [2.75, 3.05) is 13.2 Å². The van der Waals surface area contributed by atoms with Crippen molar-refractivity contribution in [3.8, 4) is 0 Å². The van der Waals surface area contributed by atoms with Crippen LogP contribution in [0.15, 0.2) is 45.9 Å². The number of carbonyl (C=O) groups excluding carboxylic acids is 1. The van der Waals surface area contributed by atoms with Gasteiger partial charge in [-0.05, 0) is 57.0 Å². The van der Waals surface area contributed by atoms with E-state index in [2.05, 4.69) is 10.0 Å². The van der Waals surface area contributed by atoms with Gasteiger partial charge in [0, 0.05) is 18.7 Å². The molecular weight excluding hydrogens is 368 g/mol. The number of aryl methyl sites for hydroxylation is 1. The first-order chi connectivity index (χ1) is 12.8. The van der Waals surface area contributed by atoms with E-state index in [1.807, 2.05) is 13.8 Å². The number of amides is 1. The lowest BCUT2D eigenvalue weighted by atomic mass is 10.1. The van der Waals surface area contributed by atoms with E-state index in [1.165, 1.54) is 18.4 Å². The molecule has 7 nitrogen and oxygen atoms in total. The fourth-order valence-corrected chi connectivity index (χ4v) is 3.38. The smallest absolute Gasteiger partial charge is 0.251 e. The molecule has 0 aliphatic rings. The predicted octanol–water partition coefficient (Wildman–Crippen LogP) is 2.61. The highest BCUT2D eigenvalue weighted by atomic mass is 32.2. The Balaban J connectivity index is 2.00. The van der Waals surface area contributed by atoms with Crippen molar-refractivity contribution in [3.63, 3.8) is 0 Å². The number of furan rings is 1. The van der Waals surface area contributed by atoms with Gasteiger partial charge >= 0.3 is 0 Å². The van der Waals surface area contributed by atoms with E-state index in [0.717, 1.165) is 0 Å². The normalized spacial score (nSPS) is 11.7. The molecule has 1 amide bonds. The Hall–Kier alpha value is -2.16. The molecule has 1 heterocycles. The molecule has 1 aromatic heterocycles. The Bertz CT molecular complexity index is 845. The first-order valence-electron chi connectivity index (χ1n) is 8.82. The van der Waals surface area contributed by atoms with Gasteiger partial charge in [0.25, 0.3) is 5.91 Å². The van der Waals surface area contributed by atoms with Crippen LogP contribution in [0.4, 0.5) is 0 Å². The summed E-state index contributed by atoms with van der Waals surface area (Å²) in [7, 11) is -3.76. The van der Waals surface area contributed by atoms with Gasteiger partial charge in [-0.25, -0.2) is 13.1 Å². The van der Waals surface area contributed by atoms with Crippen molar-refractivity contribution in [1.29, 1.82) is 0 Å². The molecule has 0 radical (unpaired) electrons. The quantitative estimate of drug-likeness (QED) is 0.604. The van der Waals surface area contributed by atoms with Gasteiger partial charge in [0.15, 0.2) is 0 Å². The van der Waals surface area contributed by atoms with Gasteiger partial charge in [-0.15, -0.1) is 0 Å². The van der Waals surface area contributed by atoms with E-state index in [1.54, 1.807) is 25.1 Å². The molecule has 2 N–H and O–H groups in total. The highest BCUT2D eigenvalue weighted by Gasteiger charge is 2.18. The second-order valence-electron chi connectivity index (χ2n) is 6.41. The summed E-state index contributed by atoms with van der Waals surface area (Å²) in [5.74, 6) is 0.201. The van der Waals surface area contributed by atoms with Crippen molar-refractivity contribution < 1.29 is 22.4 Å². The highest BCUT2D eigenvalue weighted by Crippen LogP contribution is 2.16. The van der Waals surface area contributed by atoms with Crippen molar-refractivity contribution in [2.45, 2.75) is 44.7 Å². The molecule has 2 rings (SSSR count). The van der Waals surface area contributed by atoms with Gasteiger partial charge in [0.2, 0.25) is 10.0 Å². The molecule has 1 aromatic carbocycles. The zero-order valence-corrected chi connectivity index (χ0v) is 16.6. The number of carbonyl (C=O) groups is 1.